The number of ether oxygens (including phenoxy) is 1. The second kappa shape index (κ2) is 16.9. The van der Waals surface area contributed by atoms with Crippen molar-refractivity contribution in [3.05, 3.63) is 29.8 Å². The molecule has 5 amide bonds. The molecule has 0 bridgehead atoms. The third-order valence-electron chi connectivity index (χ3n) is 10.5. The van der Waals surface area contributed by atoms with E-state index in [0.717, 1.165) is 16.1 Å². The fourth-order valence-electron chi connectivity index (χ4n) is 6.93. The number of likely N-dealkylation sites (N-methyl/N-ethyl adjacent to an activating group) is 1. The smallest absolute Gasteiger partial charge is 0.315 e. The fraction of sp³-hybridized carbons (Fsp3) is 0.730. The quantitative estimate of drug-likeness (QED) is 0.200. The first kappa shape index (κ1) is 43.9. The van der Waals surface area contributed by atoms with Crippen LogP contribution in [0.4, 0.5) is 13.6 Å². The number of urea groups is 1. The van der Waals surface area contributed by atoms with E-state index in [-0.39, 0.29) is 36.9 Å². The summed E-state index contributed by atoms with van der Waals surface area (Å²) in [6, 6.07) is 2.27. The highest BCUT2D eigenvalue weighted by atomic mass is 32.2. The number of nitrogens with one attached hydrogen (secondary N) is 4. The zero-order valence-electron chi connectivity index (χ0n) is 33.0. The van der Waals surface area contributed by atoms with E-state index in [2.05, 4.69) is 21.3 Å². The lowest BCUT2D eigenvalue weighted by Crippen LogP contribution is -2.62. The van der Waals surface area contributed by atoms with Gasteiger partial charge in [0.25, 0.3) is 0 Å². The van der Waals surface area contributed by atoms with Gasteiger partial charge in [-0.05, 0) is 59.1 Å². The number of nitrogens with zero attached hydrogens (tertiary/aromatic N) is 2. The molecule has 4 N–H and O–H groups in total. The van der Waals surface area contributed by atoms with E-state index in [1.807, 2.05) is 53.7 Å². The number of sulfonamides is 1. The van der Waals surface area contributed by atoms with Crippen LogP contribution in [0.2, 0.25) is 0 Å². The molecule has 1 heterocycles. The number of benzene rings is 1. The Morgan fingerprint density at radius 3 is 2.11 bits per heavy atom. The number of hydrogen-bond acceptors (Lipinski definition) is 7. The highest BCUT2D eigenvalue weighted by Crippen LogP contribution is 2.65. The molecule has 53 heavy (non-hydrogen) atoms. The second-order valence-corrected chi connectivity index (χ2v) is 19.2. The van der Waals surface area contributed by atoms with E-state index in [9.17, 15) is 36.4 Å². The maximum atomic E-state index is 14.4. The molecule has 16 heteroatoms. The standard InChI is InChI=1S/C37H60F2N6O7S/c1-12-52-23-15-13-22(14-16-23)17-18-40-31(46)25(19-27(38)39)41-32(47)29-28-24(37(28,8)9)20-45(29)33(48)30(36(5,6)7)43-34(49)42-26(35(2,3)4)21-44(10)53(11,50)51/h13-16,24-30H,12,17-21H2,1-11H3,(H,40,46)(H,41,47)(H2,42,43,49)/t24-,25-,26+,28-,29-,30+/m0/s1. The Kier molecular flexibility index (Phi) is 14.0. The highest BCUT2D eigenvalue weighted by Gasteiger charge is 2.70. The third-order valence-corrected chi connectivity index (χ3v) is 11.8. The first-order chi connectivity index (χ1) is 24.3. The number of piperidine rings is 1. The summed E-state index contributed by atoms with van der Waals surface area (Å²) in [5.74, 6) is -1.62. The van der Waals surface area contributed by atoms with Crippen LogP contribution in [-0.4, -0.2) is 112 Å². The maximum absolute atomic E-state index is 14.4. The third kappa shape index (κ3) is 11.5. The molecule has 300 valence electrons. The minimum absolute atomic E-state index is 0.00830. The van der Waals surface area contributed by atoms with Crippen molar-refractivity contribution >= 4 is 33.8 Å². The molecule has 1 aliphatic carbocycles. The van der Waals surface area contributed by atoms with E-state index in [4.69, 9.17) is 4.74 Å². The largest absolute Gasteiger partial charge is 0.494 e. The van der Waals surface area contributed by atoms with E-state index in [1.54, 1.807) is 32.9 Å². The van der Waals surface area contributed by atoms with Gasteiger partial charge >= 0.3 is 6.03 Å². The maximum Gasteiger partial charge on any atom is 0.315 e. The van der Waals surface area contributed by atoms with Crippen molar-refractivity contribution in [1.82, 2.24) is 30.5 Å². The fourth-order valence-corrected chi connectivity index (χ4v) is 7.35. The first-order valence-corrected chi connectivity index (χ1v) is 20.0. The van der Waals surface area contributed by atoms with Crippen molar-refractivity contribution in [3.63, 3.8) is 0 Å². The van der Waals surface area contributed by atoms with Crippen LogP contribution in [0, 0.1) is 28.1 Å². The van der Waals surface area contributed by atoms with Gasteiger partial charge in [-0.1, -0.05) is 67.5 Å². The molecule has 1 aromatic carbocycles. The summed E-state index contributed by atoms with van der Waals surface area (Å²) < 4.78 is 58.3. The summed E-state index contributed by atoms with van der Waals surface area (Å²) in [4.78, 5) is 56.4. The average Bonchev–Trinajstić information content (AvgIpc) is 3.33. The van der Waals surface area contributed by atoms with Crippen molar-refractivity contribution in [3.8, 4) is 5.75 Å². The molecule has 0 radical (unpaired) electrons. The number of hydrogen-bond donors (Lipinski definition) is 4. The number of carbonyl (C=O) groups is 4. The summed E-state index contributed by atoms with van der Waals surface area (Å²) in [7, 11) is -2.12. The summed E-state index contributed by atoms with van der Waals surface area (Å²) >= 11 is 0. The van der Waals surface area contributed by atoms with Gasteiger partial charge in [-0.3, -0.25) is 14.4 Å². The van der Waals surface area contributed by atoms with Crippen molar-refractivity contribution in [2.45, 2.75) is 106 Å². The van der Waals surface area contributed by atoms with Gasteiger partial charge in [0.05, 0.1) is 12.9 Å². The lowest BCUT2D eigenvalue weighted by molar-refractivity contribution is -0.144. The zero-order valence-corrected chi connectivity index (χ0v) is 33.8. The predicted molar refractivity (Wildman–Crippen MR) is 199 cm³/mol. The van der Waals surface area contributed by atoms with Crippen LogP contribution in [0.1, 0.15) is 74.3 Å². The Morgan fingerprint density at radius 2 is 1.60 bits per heavy atom. The Hall–Kier alpha value is -3.53. The summed E-state index contributed by atoms with van der Waals surface area (Å²) in [6.07, 6.45) is -2.29. The lowest BCUT2D eigenvalue weighted by Gasteiger charge is -2.39. The van der Waals surface area contributed by atoms with E-state index < -0.39 is 81.6 Å². The van der Waals surface area contributed by atoms with Crippen LogP contribution in [0.15, 0.2) is 24.3 Å². The van der Waals surface area contributed by atoms with Crippen LogP contribution in [0.25, 0.3) is 0 Å². The van der Waals surface area contributed by atoms with Gasteiger partial charge < -0.3 is 30.9 Å². The molecule has 1 aromatic rings. The van der Waals surface area contributed by atoms with Gasteiger partial charge in [0.15, 0.2) is 0 Å². The van der Waals surface area contributed by atoms with E-state index in [0.29, 0.717) is 18.8 Å². The molecule has 6 atom stereocenters. The Balaban J connectivity index is 1.77. The molecular formula is C37H60F2N6O7S. The van der Waals surface area contributed by atoms with Crippen molar-refractivity contribution < 1.29 is 41.1 Å². The molecule has 13 nitrogen and oxygen atoms in total. The number of halogens is 2. The van der Waals surface area contributed by atoms with Gasteiger partial charge in [-0.15, -0.1) is 0 Å². The van der Waals surface area contributed by atoms with Gasteiger partial charge in [-0.2, -0.15) is 0 Å². The van der Waals surface area contributed by atoms with Crippen molar-refractivity contribution in [1.29, 1.82) is 0 Å². The Morgan fingerprint density at radius 1 is 1.00 bits per heavy atom. The van der Waals surface area contributed by atoms with Crippen LogP contribution in [0.5, 0.6) is 5.75 Å². The average molecular weight is 771 g/mol. The van der Waals surface area contributed by atoms with E-state index in [1.165, 1.54) is 11.9 Å². The number of alkyl halides is 2. The number of likely N-dealkylation sites (tertiary alicyclic amines) is 1. The van der Waals surface area contributed by atoms with Crippen LogP contribution < -0.4 is 26.0 Å². The summed E-state index contributed by atoms with van der Waals surface area (Å²) in [5, 5.41) is 10.8. The van der Waals surface area contributed by atoms with Gasteiger partial charge in [-0.25, -0.2) is 26.3 Å². The van der Waals surface area contributed by atoms with Gasteiger partial charge in [0, 0.05) is 39.1 Å². The number of fused-ring (bicyclic) bond motifs is 1. The molecule has 1 saturated carbocycles. The molecule has 1 aliphatic heterocycles. The van der Waals surface area contributed by atoms with Crippen LogP contribution in [-0.2, 0) is 30.8 Å². The van der Waals surface area contributed by atoms with Crippen LogP contribution >= 0.6 is 0 Å². The van der Waals surface area contributed by atoms with Crippen LogP contribution in [0.3, 0.4) is 0 Å². The minimum Gasteiger partial charge on any atom is -0.494 e. The molecule has 0 aromatic heterocycles. The van der Waals surface area contributed by atoms with Gasteiger partial charge in [0.2, 0.25) is 34.2 Å². The lowest BCUT2D eigenvalue weighted by atomic mass is 9.85. The SMILES string of the molecule is CCOc1ccc(CCNC(=O)[C@H](CC(F)F)NC(=O)[C@@H]2[C@@H]3[C@H](CN2C(=O)[C@@H](NC(=O)N[C@H](CN(C)S(C)(=O)=O)C(C)(C)C)C(C)(C)C)C3(C)C)cc1. The molecule has 3 rings (SSSR count). The minimum atomic E-state index is -3.54. The Bertz CT molecular complexity index is 1580. The van der Waals surface area contributed by atoms with Gasteiger partial charge in [0.1, 0.15) is 23.9 Å². The molecule has 0 spiro atoms. The molecular weight excluding hydrogens is 711 g/mol. The zero-order chi connectivity index (χ0) is 40.3. The van der Waals surface area contributed by atoms with E-state index >= 15 is 0 Å². The Labute approximate surface area is 313 Å². The predicted octanol–water partition coefficient (Wildman–Crippen LogP) is 3.39. The normalized spacial score (nSPS) is 21.3. The first-order valence-electron chi connectivity index (χ1n) is 18.2. The van der Waals surface area contributed by atoms with Crippen molar-refractivity contribution in [2.75, 3.05) is 39.5 Å². The summed E-state index contributed by atoms with van der Waals surface area (Å²) in [6.45, 7) is 17.6. The molecule has 1 saturated heterocycles. The monoisotopic (exact) mass is 770 g/mol. The summed E-state index contributed by atoms with van der Waals surface area (Å²) in [5.41, 5.74) is -0.806. The number of rotatable bonds is 16. The van der Waals surface area contributed by atoms with Crippen molar-refractivity contribution in [2.24, 2.45) is 28.1 Å². The number of amides is 5. The highest BCUT2D eigenvalue weighted by molar-refractivity contribution is 7.88. The molecule has 2 fully saturated rings. The topological polar surface area (TPSA) is 166 Å². The second-order valence-electron chi connectivity index (χ2n) is 17.1. The molecule has 0 unspecified atom stereocenters. The number of carbonyl (C=O) groups excluding carboxylic acids is 4. The molecule has 2 aliphatic rings.